The van der Waals surface area contributed by atoms with Crippen molar-refractivity contribution in [2.45, 2.75) is 51.6 Å². The molecule has 1 fully saturated rings. The van der Waals surface area contributed by atoms with E-state index in [0.29, 0.717) is 19.1 Å². The van der Waals surface area contributed by atoms with E-state index in [9.17, 15) is 9.59 Å². The van der Waals surface area contributed by atoms with Crippen molar-refractivity contribution in [1.29, 1.82) is 0 Å². The molecule has 2 N–H and O–H groups in total. The van der Waals surface area contributed by atoms with Gasteiger partial charge in [-0.15, -0.1) is 0 Å². The van der Waals surface area contributed by atoms with Crippen LogP contribution in [0.15, 0.2) is 48.5 Å². The van der Waals surface area contributed by atoms with Gasteiger partial charge in [0, 0.05) is 44.6 Å². The normalized spacial score (nSPS) is 13.9. The fourth-order valence-electron chi connectivity index (χ4n) is 3.96. The molecule has 3 rings (SSSR count). The lowest BCUT2D eigenvalue weighted by atomic mass is 9.94. The third kappa shape index (κ3) is 5.78. The van der Waals surface area contributed by atoms with Crippen LogP contribution >= 0.6 is 0 Å². The van der Waals surface area contributed by atoms with Crippen LogP contribution < -0.4 is 15.5 Å². The van der Waals surface area contributed by atoms with Crippen LogP contribution in [0.1, 0.15) is 50.2 Å². The minimum absolute atomic E-state index is 0.138. The van der Waals surface area contributed by atoms with E-state index in [1.54, 1.807) is 0 Å². The first kappa shape index (κ1) is 22.7. The zero-order chi connectivity index (χ0) is 22.4. The maximum atomic E-state index is 13.6. The molecule has 1 aliphatic carbocycles. The number of hydrogen-bond donors (Lipinski definition) is 2. The highest BCUT2D eigenvalue weighted by atomic mass is 16.2. The van der Waals surface area contributed by atoms with Crippen molar-refractivity contribution in [3.8, 4) is 0 Å². The number of rotatable bonds is 9. The monoisotopic (exact) mass is 422 g/mol. The SMILES string of the molecule is CCNC(=O)Nc1ccc(N(C)C)c(CN(C(=O)[C@H](CC)c2ccccc2)C2CC2)c1. The predicted molar refractivity (Wildman–Crippen MR) is 127 cm³/mol. The number of benzene rings is 2. The Morgan fingerprint density at radius 2 is 1.77 bits per heavy atom. The topological polar surface area (TPSA) is 64.7 Å². The zero-order valence-corrected chi connectivity index (χ0v) is 19.0. The van der Waals surface area contributed by atoms with Gasteiger partial charge in [0.2, 0.25) is 5.91 Å². The van der Waals surface area contributed by atoms with Crippen molar-refractivity contribution in [2.24, 2.45) is 0 Å². The molecule has 0 aromatic heterocycles. The molecule has 1 atom stereocenters. The Balaban J connectivity index is 1.87. The third-order valence-electron chi connectivity index (χ3n) is 5.68. The van der Waals surface area contributed by atoms with Crippen molar-refractivity contribution in [1.82, 2.24) is 10.2 Å². The first-order valence-electron chi connectivity index (χ1n) is 11.1. The molecule has 1 saturated carbocycles. The van der Waals surface area contributed by atoms with Crippen molar-refractivity contribution in [3.63, 3.8) is 0 Å². The van der Waals surface area contributed by atoms with Gasteiger partial charge in [-0.25, -0.2) is 4.79 Å². The molecule has 1 aliphatic rings. The molecule has 2 aromatic rings. The Morgan fingerprint density at radius 1 is 1.06 bits per heavy atom. The lowest BCUT2D eigenvalue weighted by molar-refractivity contribution is -0.134. The number of anilines is 2. The number of nitrogens with zero attached hydrogens (tertiary/aromatic N) is 2. The van der Waals surface area contributed by atoms with Gasteiger partial charge in [-0.3, -0.25) is 4.79 Å². The molecule has 0 aliphatic heterocycles. The number of amides is 3. The summed E-state index contributed by atoms with van der Waals surface area (Å²) < 4.78 is 0. The second-order valence-corrected chi connectivity index (χ2v) is 8.29. The first-order valence-corrected chi connectivity index (χ1v) is 11.1. The maximum absolute atomic E-state index is 13.6. The van der Waals surface area contributed by atoms with E-state index in [-0.39, 0.29) is 17.9 Å². The van der Waals surface area contributed by atoms with E-state index in [4.69, 9.17) is 0 Å². The molecular weight excluding hydrogens is 388 g/mol. The van der Waals surface area contributed by atoms with Crippen LogP contribution in [0.5, 0.6) is 0 Å². The predicted octanol–water partition coefficient (Wildman–Crippen LogP) is 4.58. The average molecular weight is 423 g/mol. The standard InChI is InChI=1S/C25H34N4O2/c1-5-22(18-10-8-7-9-11-18)24(30)29(21-13-14-21)17-19-16-20(27-25(31)26-6-2)12-15-23(19)28(3)4/h7-12,15-16,21-22H,5-6,13-14,17H2,1-4H3,(H2,26,27,31)/t22-/m1/s1. The van der Waals surface area contributed by atoms with Gasteiger partial charge < -0.3 is 20.4 Å². The second-order valence-electron chi connectivity index (χ2n) is 8.29. The van der Waals surface area contributed by atoms with Gasteiger partial charge in [0.25, 0.3) is 0 Å². The zero-order valence-electron chi connectivity index (χ0n) is 19.0. The summed E-state index contributed by atoms with van der Waals surface area (Å²) in [5, 5.41) is 5.64. The molecule has 0 radical (unpaired) electrons. The van der Waals surface area contributed by atoms with Gasteiger partial charge in [-0.1, -0.05) is 37.3 Å². The van der Waals surface area contributed by atoms with Gasteiger partial charge in [0.15, 0.2) is 0 Å². The number of carbonyl (C=O) groups excluding carboxylic acids is 2. The Bertz CT molecular complexity index is 894. The Labute approximate surface area is 185 Å². The fraction of sp³-hybridized carbons (Fsp3) is 0.440. The molecule has 166 valence electrons. The van der Waals surface area contributed by atoms with Gasteiger partial charge in [-0.2, -0.15) is 0 Å². The third-order valence-corrected chi connectivity index (χ3v) is 5.68. The number of nitrogens with one attached hydrogen (secondary N) is 2. The van der Waals surface area contributed by atoms with Crippen molar-refractivity contribution >= 4 is 23.3 Å². The summed E-state index contributed by atoms with van der Waals surface area (Å²) >= 11 is 0. The molecule has 0 saturated heterocycles. The van der Waals surface area contributed by atoms with Crippen molar-refractivity contribution in [2.75, 3.05) is 30.9 Å². The van der Waals surface area contributed by atoms with Gasteiger partial charge >= 0.3 is 6.03 Å². The minimum atomic E-state index is -0.226. The van der Waals surface area contributed by atoms with Crippen molar-refractivity contribution < 1.29 is 9.59 Å². The van der Waals surface area contributed by atoms with E-state index in [1.807, 2.05) is 74.4 Å². The summed E-state index contributed by atoms with van der Waals surface area (Å²) in [5.41, 5.74) is 3.88. The highest BCUT2D eigenvalue weighted by Gasteiger charge is 2.36. The fourth-order valence-corrected chi connectivity index (χ4v) is 3.96. The average Bonchev–Trinajstić information content (AvgIpc) is 3.58. The molecule has 0 spiro atoms. The molecule has 3 amide bonds. The molecule has 2 aromatic carbocycles. The number of carbonyl (C=O) groups is 2. The summed E-state index contributed by atoms with van der Waals surface area (Å²) in [6.45, 7) is 5.06. The molecule has 6 nitrogen and oxygen atoms in total. The summed E-state index contributed by atoms with van der Waals surface area (Å²) in [6, 6.07) is 16.0. The van der Waals surface area contributed by atoms with E-state index in [2.05, 4.69) is 22.5 Å². The Kier molecular flexibility index (Phi) is 7.55. The van der Waals surface area contributed by atoms with Gasteiger partial charge in [-0.05, 0) is 55.5 Å². The minimum Gasteiger partial charge on any atom is -0.377 e. The lowest BCUT2D eigenvalue weighted by Gasteiger charge is -2.29. The molecule has 0 bridgehead atoms. The van der Waals surface area contributed by atoms with Crippen LogP contribution in [0, 0.1) is 0 Å². The van der Waals surface area contributed by atoms with Crippen LogP contribution in [0.2, 0.25) is 0 Å². The van der Waals surface area contributed by atoms with E-state index in [1.165, 1.54) is 0 Å². The maximum Gasteiger partial charge on any atom is 0.319 e. The summed E-state index contributed by atoms with van der Waals surface area (Å²) in [4.78, 5) is 29.7. The number of urea groups is 1. The van der Waals surface area contributed by atoms with Crippen molar-refractivity contribution in [3.05, 3.63) is 59.7 Å². The van der Waals surface area contributed by atoms with Gasteiger partial charge in [0.05, 0.1) is 5.92 Å². The van der Waals surface area contributed by atoms with Crippen LogP contribution in [0.4, 0.5) is 16.2 Å². The number of hydrogen-bond acceptors (Lipinski definition) is 3. The molecule has 6 heteroatoms. The van der Waals surface area contributed by atoms with Gasteiger partial charge in [0.1, 0.15) is 0 Å². The van der Waals surface area contributed by atoms with Crippen LogP contribution in [0.25, 0.3) is 0 Å². The van der Waals surface area contributed by atoms with E-state index < -0.39 is 0 Å². The highest BCUT2D eigenvalue weighted by molar-refractivity contribution is 5.90. The van der Waals surface area contributed by atoms with E-state index in [0.717, 1.165) is 41.8 Å². The summed E-state index contributed by atoms with van der Waals surface area (Å²) in [6.07, 6.45) is 2.86. The van der Waals surface area contributed by atoms with E-state index >= 15 is 0 Å². The molecule has 0 heterocycles. The van der Waals surface area contributed by atoms with Crippen LogP contribution in [-0.2, 0) is 11.3 Å². The summed E-state index contributed by atoms with van der Waals surface area (Å²) in [5.74, 6) is 0.0456. The summed E-state index contributed by atoms with van der Waals surface area (Å²) in [7, 11) is 4.00. The molecule has 0 unspecified atom stereocenters. The molecular formula is C25H34N4O2. The smallest absolute Gasteiger partial charge is 0.319 e. The Hall–Kier alpha value is -3.02. The van der Waals surface area contributed by atoms with Crippen LogP contribution in [-0.4, -0.2) is 43.5 Å². The molecule has 31 heavy (non-hydrogen) atoms. The Morgan fingerprint density at radius 3 is 2.35 bits per heavy atom. The quantitative estimate of drug-likeness (QED) is 0.622. The lowest BCUT2D eigenvalue weighted by Crippen LogP contribution is -2.37. The highest BCUT2D eigenvalue weighted by Crippen LogP contribution is 2.35. The van der Waals surface area contributed by atoms with Crippen LogP contribution in [0.3, 0.4) is 0 Å². The first-order chi connectivity index (χ1) is 14.9. The largest absolute Gasteiger partial charge is 0.377 e. The second kappa shape index (κ2) is 10.3.